The molecule has 1 aromatic heterocycles. The third-order valence-corrected chi connectivity index (χ3v) is 4.40. The van der Waals surface area contributed by atoms with Crippen LogP contribution >= 0.6 is 0 Å². The van der Waals surface area contributed by atoms with Gasteiger partial charge in [-0.1, -0.05) is 48.5 Å². The first-order valence-electron chi connectivity index (χ1n) is 9.12. The van der Waals surface area contributed by atoms with Crippen molar-refractivity contribution in [1.29, 1.82) is 0 Å². The molecular weight excluding hydrogens is 390 g/mol. The van der Waals surface area contributed by atoms with Gasteiger partial charge in [-0.05, 0) is 29.5 Å². The predicted molar refractivity (Wildman–Crippen MR) is 104 cm³/mol. The van der Waals surface area contributed by atoms with Crippen LogP contribution in [-0.4, -0.2) is 26.2 Å². The molecule has 0 aliphatic heterocycles. The SMILES string of the molecule is O=C(OCc1ccccc1F)c1cccc(-c2nnn(Cc3ccccc3F)n2)c1. The van der Waals surface area contributed by atoms with E-state index in [1.165, 1.54) is 16.9 Å². The number of benzene rings is 3. The summed E-state index contributed by atoms with van der Waals surface area (Å²) in [4.78, 5) is 13.6. The van der Waals surface area contributed by atoms with Crippen molar-refractivity contribution in [2.75, 3.05) is 0 Å². The number of esters is 1. The number of halogens is 2. The molecule has 3 aromatic carbocycles. The van der Waals surface area contributed by atoms with Gasteiger partial charge in [0.2, 0.25) is 5.82 Å². The van der Waals surface area contributed by atoms with E-state index in [0.29, 0.717) is 16.7 Å². The van der Waals surface area contributed by atoms with Crippen molar-refractivity contribution < 1.29 is 18.3 Å². The summed E-state index contributed by atoms with van der Waals surface area (Å²) >= 11 is 0. The van der Waals surface area contributed by atoms with Crippen LogP contribution in [0.4, 0.5) is 8.78 Å². The highest BCUT2D eigenvalue weighted by molar-refractivity contribution is 5.90. The van der Waals surface area contributed by atoms with E-state index in [0.717, 1.165) is 0 Å². The topological polar surface area (TPSA) is 69.9 Å². The van der Waals surface area contributed by atoms with E-state index < -0.39 is 11.8 Å². The highest BCUT2D eigenvalue weighted by Crippen LogP contribution is 2.18. The molecule has 0 bridgehead atoms. The van der Waals surface area contributed by atoms with E-state index in [1.807, 2.05) is 0 Å². The van der Waals surface area contributed by atoms with Crippen LogP contribution in [0.15, 0.2) is 72.8 Å². The normalized spacial score (nSPS) is 10.7. The largest absolute Gasteiger partial charge is 0.457 e. The summed E-state index contributed by atoms with van der Waals surface area (Å²) in [6.07, 6.45) is 0. The number of hydrogen-bond donors (Lipinski definition) is 0. The predicted octanol–water partition coefficient (Wildman–Crippen LogP) is 4.02. The van der Waals surface area contributed by atoms with Gasteiger partial charge in [0.15, 0.2) is 0 Å². The second-order valence-electron chi connectivity index (χ2n) is 6.48. The second kappa shape index (κ2) is 8.60. The first-order chi connectivity index (χ1) is 14.6. The van der Waals surface area contributed by atoms with Gasteiger partial charge in [0.25, 0.3) is 0 Å². The molecule has 0 unspecified atom stereocenters. The third kappa shape index (κ3) is 4.38. The number of carbonyl (C=O) groups excluding carboxylic acids is 1. The highest BCUT2D eigenvalue weighted by Gasteiger charge is 2.13. The maximum Gasteiger partial charge on any atom is 0.338 e. The van der Waals surface area contributed by atoms with Crippen molar-refractivity contribution in [1.82, 2.24) is 20.2 Å². The van der Waals surface area contributed by atoms with Crippen molar-refractivity contribution in [2.24, 2.45) is 0 Å². The van der Waals surface area contributed by atoms with Gasteiger partial charge in [0.1, 0.15) is 18.2 Å². The molecule has 0 saturated heterocycles. The van der Waals surface area contributed by atoms with Crippen molar-refractivity contribution in [3.05, 3.63) is 101 Å². The minimum Gasteiger partial charge on any atom is -0.457 e. The summed E-state index contributed by atoms with van der Waals surface area (Å²) in [6, 6.07) is 19.0. The molecule has 8 heteroatoms. The highest BCUT2D eigenvalue weighted by atomic mass is 19.1. The molecule has 0 spiro atoms. The Labute approximate surface area is 170 Å². The number of carbonyl (C=O) groups is 1. The van der Waals surface area contributed by atoms with Crippen LogP contribution in [-0.2, 0) is 17.9 Å². The average molecular weight is 406 g/mol. The number of nitrogens with zero attached hydrogens (tertiary/aromatic N) is 4. The average Bonchev–Trinajstić information content (AvgIpc) is 3.23. The molecule has 0 radical (unpaired) electrons. The first kappa shape index (κ1) is 19.4. The summed E-state index contributed by atoms with van der Waals surface area (Å²) < 4.78 is 32.7. The fraction of sp³-hybridized carbons (Fsp3) is 0.0909. The number of tetrazole rings is 1. The molecule has 0 amide bonds. The standard InChI is InChI=1S/C22H16F2N4O2/c23-19-10-3-1-6-17(19)13-28-26-21(25-27-28)15-8-5-9-16(12-15)22(29)30-14-18-7-2-4-11-20(18)24/h1-12H,13-14H2. The molecule has 4 rings (SSSR count). The molecule has 150 valence electrons. The Morgan fingerprint density at radius 3 is 2.33 bits per heavy atom. The van der Waals surface area contributed by atoms with Crippen LogP contribution in [0.1, 0.15) is 21.5 Å². The summed E-state index contributed by atoms with van der Waals surface area (Å²) in [5.41, 5.74) is 1.55. The zero-order valence-electron chi connectivity index (χ0n) is 15.7. The van der Waals surface area contributed by atoms with Crippen LogP contribution < -0.4 is 0 Å². The maximum absolute atomic E-state index is 13.8. The molecule has 0 aliphatic rings. The summed E-state index contributed by atoms with van der Waals surface area (Å²) in [6.45, 7) is -0.0448. The number of hydrogen-bond acceptors (Lipinski definition) is 5. The maximum atomic E-state index is 13.8. The molecule has 0 fully saturated rings. The van der Waals surface area contributed by atoms with E-state index in [1.54, 1.807) is 60.7 Å². The smallest absolute Gasteiger partial charge is 0.338 e. The Kier molecular flexibility index (Phi) is 5.56. The first-order valence-corrected chi connectivity index (χ1v) is 9.12. The number of rotatable bonds is 6. The monoisotopic (exact) mass is 406 g/mol. The molecule has 0 N–H and O–H groups in total. The lowest BCUT2D eigenvalue weighted by atomic mass is 10.1. The summed E-state index contributed by atoms with van der Waals surface area (Å²) in [5, 5.41) is 12.2. The molecule has 4 aromatic rings. The number of aromatic nitrogens is 4. The van der Waals surface area contributed by atoms with Crippen molar-refractivity contribution in [3.63, 3.8) is 0 Å². The van der Waals surface area contributed by atoms with Crippen LogP contribution in [0.3, 0.4) is 0 Å². The van der Waals surface area contributed by atoms with Crippen molar-refractivity contribution in [2.45, 2.75) is 13.2 Å². The minimum absolute atomic E-state index is 0.129. The van der Waals surface area contributed by atoms with Crippen molar-refractivity contribution in [3.8, 4) is 11.4 Å². The van der Waals surface area contributed by atoms with Gasteiger partial charge >= 0.3 is 5.97 Å². The fourth-order valence-electron chi connectivity index (χ4n) is 2.83. The van der Waals surface area contributed by atoms with Crippen LogP contribution in [0.5, 0.6) is 0 Å². The summed E-state index contributed by atoms with van der Waals surface area (Å²) in [7, 11) is 0. The molecular formula is C22H16F2N4O2. The zero-order valence-corrected chi connectivity index (χ0v) is 15.7. The van der Waals surface area contributed by atoms with E-state index in [-0.39, 0.29) is 30.4 Å². The van der Waals surface area contributed by atoms with Gasteiger partial charge in [-0.3, -0.25) is 0 Å². The van der Waals surface area contributed by atoms with E-state index in [2.05, 4.69) is 15.4 Å². The van der Waals surface area contributed by atoms with Gasteiger partial charge in [-0.15, -0.1) is 10.2 Å². The van der Waals surface area contributed by atoms with Gasteiger partial charge < -0.3 is 4.74 Å². The second-order valence-corrected chi connectivity index (χ2v) is 6.48. The summed E-state index contributed by atoms with van der Waals surface area (Å²) in [5.74, 6) is -1.10. The zero-order chi connectivity index (χ0) is 20.9. The van der Waals surface area contributed by atoms with Gasteiger partial charge in [-0.2, -0.15) is 4.80 Å². The molecule has 0 saturated carbocycles. The lowest BCUT2D eigenvalue weighted by molar-refractivity contribution is 0.0469. The molecule has 30 heavy (non-hydrogen) atoms. The van der Waals surface area contributed by atoms with Crippen molar-refractivity contribution >= 4 is 5.97 Å². The van der Waals surface area contributed by atoms with Gasteiger partial charge in [0.05, 0.1) is 12.1 Å². The van der Waals surface area contributed by atoms with Crippen LogP contribution in [0.25, 0.3) is 11.4 Å². The Morgan fingerprint density at radius 2 is 1.60 bits per heavy atom. The van der Waals surface area contributed by atoms with E-state index in [4.69, 9.17) is 4.74 Å². The third-order valence-electron chi connectivity index (χ3n) is 4.40. The van der Waals surface area contributed by atoms with E-state index >= 15 is 0 Å². The fourth-order valence-corrected chi connectivity index (χ4v) is 2.83. The number of ether oxygens (including phenoxy) is 1. The Morgan fingerprint density at radius 1 is 0.900 bits per heavy atom. The van der Waals surface area contributed by atoms with Gasteiger partial charge in [0, 0.05) is 16.7 Å². The Balaban J connectivity index is 1.47. The van der Waals surface area contributed by atoms with Gasteiger partial charge in [-0.25, -0.2) is 13.6 Å². The lowest BCUT2D eigenvalue weighted by Gasteiger charge is -2.06. The molecule has 0 atom stereocenters. The molecule has 1 heterocycles. The Hall–Kier alpha value is -3.94. The minimum atomic E-state index is -0.598. The quantitative estimate of drug-likeness (QED) is 0.452. The Bertz CT molecular complexity index is 1190. The molecule has 6 nitrogen and oxygen atoms in total. The van der Waals surface area contributed by atoms with Crippen LogP contribution in [0.2, 0.25) is 0 Å². The molecule has 0 aliphatic carbocycles. The lowest BCUT2D eigenvalue weighted by Crippen LogP contribution is -2.06. The van der Waals surface area contributed by atoms with Crippen LogP contribution in [0, 0.1) is 11.6 Å². The van der Waals surface area contributed by atoms with E-state index in [9.17, 15) is 13.6 Å².